The lowest BCUT2D eigenvalue weighted by Crippen LogP contribution is -2.61. The predicted octanol–water partition coefficient (Wildman–Crippen LogP) is 0.258. The van der Waals surface area contributed by atoms with Gasteiger partial charge in [-0.2, -0.15) is 0 Å². The molecule has 0 aromatic rings. The minimum atomic E-state index is -1.02. The van der Waals surface area contributed by atoms with Crippen molar-refractivity contribution in [2.45, 2.75) is 72.5 Å². The number of amides is 3. The smallest absolute Gasteiger partial charge is 0.322 e. The van der Waals surface area contributed by atoms with Gasteiger partial charge >= 0.3 is 5.97 Å². The molecule has 4 N–H and O–H groups in total. The highest BCUT2D eigenvalue weighted by Crippen LogP contribution is 2.15. The number of nitrogens with one attached hydrogen (secondary N) is 3. The van der Waals surface area contributed by atoms with Gasteiger partial charge in [0.25, 0.3) is 5.91 Å². The van der Waals surface area contributed by atoms with Crippen LogP contribution in [0.25, 0.3) is 0 Å². The molecule has 0 radical (unpaired) electrons. The van der Waals surface area contributed by atoms with Crippen LogP contribution in [0, 0.1) is 11.3 Å². The predicted molar refractivity (Wildman–Crippen MR) is 99.3 cm³/mol. The molecule has 1 rings (SSSR count). The second kappa shape index (κ2) is 9.16. The number of hydrogen-bond acceptors (Lipinski definition) is 5. The molecule has 3 atom stereocenters. The van der Waals surface area contributed by atoms with E-state index in [0.717, 1.165) is 0 Å². The fourth-order valence-electron chi connectivity index (χ4n) is 2.61. The van der Waals surface area contributed by atoms with Crippen molar-refractivity contribution in [1.82, 2.24) is 21.1 Å². The molecule has 0 spiro atoms. The van der Waals surface area contributed by atoms with E-state index in [1.54, 1.807) is 20.8 Å². The normalized spacial score (nSPS) is 20.0. The summed E-state index contributed by atoms with van der Waals surface area (Å²) in [4.78, 5) is 48.5. The Morgan fingerprint density at radius 2 is 1.70 bits per heavy atom. The summed E-state index contributed by atoms with van der Waals surface area (Å²) in [5, 5.41) is 15.7. The molecule has 0 aromatic heterocycles. The van der Waals surface area contributed by atoms with Crippen LogP contribution < -0.4 is 16.1 Å². The SMILES string of the molecule is CC(NC(=O)C(NC(=O)C(C)(C)C)C(C)C)C(=O)N1CCCC(C(=O)O)N1. The highest BCUT2D eigenvalue weighted by Gasteiger charge is 2.33. The van der Waals surface area contributed by atoms with E-state index in [2.05, 4.69) is 16.1 Å². The zero-order chi connectivity index (χ0) is 20.9. The van der Waals surface area contributed by atoms with Gasteiger partial charge in [-0.1, -0.05) is 34.6 Å². The molecule has 0 aliphatic carbocycles. The lowest BCUT2D eigenvalue weighted by Gasteiger charge is -2.34. The number of nitrogens with zero attached hydrogens (tertiary/aromatic N) is 1. The highest BCUT2D eigenvalue weighted by atomic mass is 16.4. The number of carbonyl (C=O) groups excluding carboxylic acids is 3. The molecule has 3 unspecified atom stereocenters. The van der Waals surface area contributed by atoms with Crippen molar-refractivity contribution in [2.75, 3.05) is 6.54 Å². The van der Waals surface area contributed by atoms with Crippen molar-refractivity contribution >= 4 is 23.7 Å². The van der Waals surface area contributed by atoms with Crippen LogP contribution in [-0.2, 0) is 19.2 Å². The molecular weight excluding hydrogens is 352 g/mol. The summed E-state index contributed by atoms with van der Waals surface area (Å²) in [7, 11) is 0. The number of aliphatic carboxylic acids is 1. The number of carboxylic acid groups (broad SMARTS) is 1. The van der Waals surface area contributed by atoms with Gasteiger partial charge in [0, 0.05) is 12.0 Å². The summed E-state index contributed by atoms with van der Waals surface area (Å²) in [6.45, 7) is 10.8. The summed E-state index contributed by atoms with van der Waals surface area (Å²) in [5.74, 6) is -2.30. The Morgan fingerprint density at radius 3 is 2.19 bits per heavy atom. The average molecular weight is 384 g/mol. The molecule has 0 aromatic carbocycles. The maximum Gasteiger partial charge on any atom is 0.322 e. The topological polar surface area (TPSA) is 128 Å². The maximum absolute atomic E-state index is 12.6. The van der Waals surface area contributed by atoms with Crippen molar-refractivity contribution in [2.24, 2.45) is 11.3 Å². The van der Waals surface area contributed by atoms with Gasteiger partial charge in [0.2, 0.25) is 11.8 Å². The molecule has 154 valence electrons. The summed E-state index contributed by atoms with van der Waals surface area (Å²) in [5.41, 5.74) is 2.03. The van der Waals surface area contributed by atoms with Crippen LogP contribution in [0.3, 0.4) is 0 Å². The zero-order valence-electron chi connectivity index (χ0n) is 17.0. The van der Waals surface area contributed by atoms with E-state index in [-0.39, 0.29) is 11.8 Å². The summed E-state index contributed by atoms with van der Waals surface area (Å²) >= 11 is 0. The van der Waals surface area contributed by atoms with Crippen LogP contribution in [0.15, 0.2) is 0 Å². The minimum Gasteiger partial charge on any atom is -0.480 e. The molecule has 1 aliphatic rings. The van der Waals surface area contributed by atoms with Crippen molar-refractivity contribution in [3.8, 4) is 0 Å². The number of carboxylic acids is 1. The quantitative estimate of drug-likeness (QED) is 0.520. The Bertz CT molecular complexity index is 585. The molecule has 9 nitrogen and oxygen atoms in total. The lowest BCUT2D eigenvalue weighted by atomic mass is 9.93. The molecule has 0 saturated carbocycles. The van der Waals surface area contributed by atoms with Crippen LogP contribution in [0.1, 0.15) is 54.4 Å². The highest BCUT2D eigenvalue weighted by molar-refractivity contribution is 5.93. The maximum atomic E-state index is 12.6. The summed E-state index contributed by atoms with van der Waals surface area (Å²) < 4.78 is 0. The second-order valence-corrected chi connectivity index (χ2v) is 8.33. The van der Waals surface area contributed by atoms with E-state index < -0.39 is 41.3 Å². The third-order valence-electron chi connectivity index (χ3n) is 4.40. The molecular formula is C18H32N4O5. The molecule has 1 aliphatic heterocycles. The number of hydrogen-bond donors (Lipinski definition) is 4. The molecule has 1 heterocycles. The Hall–Kier alpha value is -2.16. The van der Waals surface area contributed by atoms with Crippen LogP contribution >= 0.6 is 0 Å². The largest absolute Gasteiger partial charge is 0.480 e. The number of hydrazine groups is 1. The van der Waals surface area contributed by atoms with Crippen LogP contribution in [0.5, 0.6) is 0 Å². The molecule has 1 fully saturated rings. The van der Waals surface area contributed by atoms with E-state index in [0.29, 0.717) is 19.4 Å². The van der Waals surface area contributed by atoms with Gasteiger partial charge in [-0.3, -0.25) is 24.2 Å². The summed E-state index contributed by atoms with van der Waals surface area (Å²) in [6.07, 6.45) is 1.00. The third-order valence-corrected chi connectivity index (χ3v) is 4.40. The fraction of sp³-hybridized carbons (Fsp3) is 0.778. The van der Waals surface area contributed by atoms with Crippen molar-refractivity contribution in [1.29, 1.82) is 0 Å². The van der Waals surface area contributed by atoms with Gasteiger partial charge in [0.15, 0.2) is 0 Å². The van der Waals surface area contributed by atoms with Crippen LogP contribution in [0.4, 0.5) is 0 Å². The van der Waals surface area contributed by atoms with Crippen molar-refractivity contribution in [3.63, 3.8) is 0 Å². The standard InChI is InChI=1S/C18H32N4O5/c1-10(2)13(20-17(27)18(4,5)6)14(23)19-11(3)15(24)22-9-7-8-12(21-22)16(25)26/h10-13,21H,7-9H2,1-6H3,(H,19,23)(H,20,27)(H,25,26). The zero-order valence-corrected chi connectivity index (χ0v) is 17.0. The summed E-state index contributed by atoms with van der Waals surface area (Å²) in [6, 6.07) is -2.45. The van der Waals surface area contributed by atoms with E-state index in [4.69, 9.17) is 5.11 Å². The van der Waals surface area contributed by atoms with Gasteiger partial charge in [-0.05, 0) is 25.7 Å². The number of rotatable bonds is 6. The van der Waals surface area contributed by atoms with Gasteiger partial charge in [-0.15, -0.1) is 0 Å². The van der Waals surface area contributed by atoms with Crippen LogP contribution in [-0.4, -0.2) is 58.5 Å². The van der Waals surface area contributed by atoms with Gasteiger partial charge < -0.3 is 15.7 Å². The Labute approximate surface area is 160 Å². The first kappa shape index (κ1) is 22.9. The first-order chi connectivity index (χ1) is 12.3. The van der Waals surface area contributed by atoms with Crippen molar-refractivity contribution < 1.29 is 24.3 Å². The van der Waals surface area contributed by atoms with Gasteiger partial charge in [0.05, 0.1) is 0 Å². The molecule has 27 heavy (non-hydrogen) atoms. The Balaban J connectivity index is 2.73. The molecule has 0 bridgehead atoms. The van der Waals surface area contributed by atoms with Crippen LogP contribution in [0.2, 0.25) is 0 Å². The van der Waals surface area contributed by atoms with Gasteiger partial charge in [0.1, 0.15) is 18.1 Å². The molecule has 1 saturated heterocycles. The first-order valence-electron chi connectivity index (χ1n) is 9.26. The Kier molecular flexibility index (Phi) is 7.77. The molecule has 3 amide bonds. The Morgan fingerprint density at radius 1 is 1.11 bits per heavy atom. The minimum absolute atomic E-state index is 0.164. The van der Waals surface area contributed by atoms with E-state index in [9.17, 15) is 19.2 Å². The van der Waals surface area contributed by atoms with Crippen molar-refractivity contribution in [3.05, 3.63) is 0 Å². The monoisotopic (exact) mass is 384 g/mol. The lowest BCUT2D eigenvalue weighted by molar-refractivity contribution is -0.148. The second-order valence-electron chi connectivity index (χ2n) is 8.33. The van der Waals surface area contributed by atoms with Gasteiger partial charge in [-0.25, -0.2) is 5.43 Å². The van der Waals surface area contributed by atoms with E-state index in [1.807, 2.05) is 13.8 Å². The molecule has 9 heteroatoms. The fourth-order valence-corrected chi connectivity index (χ4v) is 2.61. The third kappa shape index (κ3) is 6.50. The van der Waals surface area contributed by atoms with E-state index >= 15 is 0 Å². The van der Waals surface area contributed by atoms with E-state index in [1.165, 1.54) is 11.9 Å². The first-order valence-corrected chi connectivity index (χ1v) is 9.26. The average Bonchev–Trinajstić information content (AvgIpc) is 2.57. The number of carbonyl (C=O) groups is 4.